The third-order valence-corrected chi connectivity index (χ3v) is 6.08. The minimum absolute atomic E-state index is 0.0827. The van der Waals surface area contributed by atoms with Gasteiger partial charge in [0.2, 0.25) is 0 Å². The number of nitrogens with zero attached hydrogens (tertiary/aromatic N) is 3. The predicted octanol–water partition coefficient (Wildman–Crippen LogP) is 3.02. The van der Waals surface area contributed by atoms with Crippen LogP contribution in [0, 0.1) is 13.8 Å². The largest absolute Gasteiger partial charge is 0.383 e. The van der Waals surface area contributed by atoms with Crippen molar-refractivity contribution >= 4 is 17.4 Å². The number of aromatic amines is 1. The molecule has 0 saturated heterocycles. The topological polar surface area (TPSA) is 115 Å². The van der Waals surface area contributed by atoms with Crippen LogP contribution in [0.15, 0.2) is 76.3 Å². The Hall–Kier alpha value is -4.37. The molecule has 0 radical (unpaired) electrons. The second kappa shape index (κ2) is 10.5. The maximum Gasteiger partial charge on any atom is 0.330 e. The summed E-state index contributed by atoms with van der Waals surface area (Å²) in [6.07, 6.45) is 0. The highest BCUT2D eigenvalue weighted by Crippen LogP contribution is 2.23. The van der Waals surface area contributed by atoms with Gasteiger partial charge >= 0.3 is 5.69 Å². The van der Waals surface area contributed by atoms with E-state index in [1.807, 2.05) is 68.4 Å². The summed E-state index contributed by atoms with van der Waals surface area (Å²) in [6, 6.07) is 20.5. The van der Waals surface area contributed by atoms with E-state index in [4.69, 9.17) is 10.5 Å². The van der Waals surface area contributed by atoms with E-state index in [0.717, 1.165) is 22.6 Å². The highest BCUT2D eigenvalue weighted by molar-refractivity contribution is 6.07. The zero-order chi connectivity index (χ0) is 25.8. The fourth-order valence-corrected chi connectivity index (χ4v) is 4.25. The van der Waals surface area contributed by atoms with E-state index in [2.05, 4.69) is 9.55 Å². The van der Waals surface area contributed by atoms with Crippen LogP contribution in [0.5, 0.6) is 0 Å². The van der Waals surface area contributed by atoms with E-state index in [1.54, 1.807) is 12.1 Å². The Kier molecular flexibility index (Phi) is 7.21. The third-order valence-electron chi connectivity index (χ3n) is 6.08. The number of hydrogen-bond donors (Lipinski definition) is 2. The molecule has 1 amide bonds. The van der Waals surface area contributed by atoms with Gasteiger partial charge in [0, 0.05) is 29.7 Å². The van der Waals surface area contributed by atoms with E-state index in [0.29, 0.717) is 5.56 Å². The van der Waals surface area contributed by atoms with Crippen LogP contribution >= 0.6 is 0 Å². The minimum Gasteiger partial charge on any atom is -0.383 e. The van der Waals surface area contributed by atoms with E-state index in [9.17, 15) is 14.4 Å². The Morgan fingerprint density at radius 1 is 0.972 bits per heavy atom. The van der Waals surface area contributed by atoms with E-state index < -0.39 is 17.2 Å². The number of methoxy groups -OCH3 is 1. The van der Waals surface area contributed by atoms with Gasteiger partial charge in [-0.2, -0.15) is 0 Å². The van der Waals surface area contributed by atoms with Crippen molar-refractivity contribution in [1.29, 1.82) is 0 Å². The van der Waals surface area contributed by atoms with E-state index >= 15 is 0 Å². The minimum atomic E-state index is -0.731. The van der Waals surface area contributed by atoms with Crippen molar-refractivity contribution in [2.45, 2.75) is 26.9 Å². The van der Waals surface area contributed by atoms with Crippen molar-refractivity contribution < 1.29 is 9.53 Å². The van der Waals surface area contributed by atoms with Gasteiger partial charge in [-0.05, 0) is 55.8 Å². The Morgan fingerprint density at radius 3 is 2.22 bits per heavy atom. The summed E-state index contributed by atoms with van der Waals surface area (Å²) in [5.74, 6) is -0.513. The molecule has 0 fully saturated rings. The lowest BCUT2D eigenvalue weighted by atomic mass is 10.1. The van der Waals surface area contributed by atoms with Crippen LogP contribution in [-0.2, 0) is 17.8 Å². The Bertz CT molecular complexity index is 1460. The molecule has 2 heterocycles. The van der Waals surface area contributed by atoms with Gasteiger partial charge in [0.25, 0.3) is 11.5 Å². The standard InChI is InChI=1S/C27H29N5O4/c1-18-9-10-19(2)32(18)22-13-11-21(12-14-22)26(34)31(17-20-7-5-4-6-8-20)23-24(28)30(15-16-36-3)27(35)29-25(23)33/h4-14H,15-17,28H2,1-3H3,(H,29,33,35). The molecule has 0 aliphatic carbocycles. The molecule has 2 aromatic heterocycles. The second-order valence-corrected chi connectivity index (χ2v) is 8.51. The van der Waals surface area contributed by atoms with Crippen LogP contribution in [0.25, 0.3) is 5.69 Å². The van der Waals surface area contributed by atoms with Gasteiger partial charge in [0.15, 0.2) is 5.69 Å². The molecule has 0 atom stereocenters. The van der Waals surface area contributed by atoms with Crippen LogP contribution < -0.4 is 21.9 Å². The fourth-order valence-electron chi connectivity index (χ4n) is 4.25. The molecular formula is C27H29N5O4. The zero-order valence-electron chi connectivity index (χ0n) is 20.5. The summed E-state index contributed by atoms with van der Waals surface area (Å²) in [6.45, 7) is 4.46. The fraction of sp³-hybridized carbons (Fsp3) is 0.222. The molecule has 0 bridgehead atoms. The Balaban J connectivity index is 1.79. The lowest BCUT2D eigenvalue weighted by Gasteiger charge is -2.25. The first-order valence-electron chi connectivity index (χ1n) is 11.5. The summed E-state index contributed by atoms with van der Waals surface area (Å²) in [4.78, 5) is 42.8. The average molecular weight is 488 g/mol. The Morgan fingerprint density at radius 2 is 1.61 bits per heavy atom. The molecule has 186 valence electrons. The third kappa shape index (κ3) is 4.87. The Labute approximate surface area is 208 Å². The van der Waals surface area contributed by atoms with Crippen molar-refractivity contribution in [2.24, 2.45) is 0 Å². The summed E-state index contributed by atoms with van der Waals surface area (Å²) < 4.78 is 8.36. The number of amides is 1. The molecule has 0 spiro atoms. The molecule has 9 nitrogen and oxygen atoms in total. The molecule has 36 heavy (non-hydrogen) atoms. The van der Waals surface area contributed by atoms with Crippen LogP contribution in [-0.4, -0.2) is 33.7 Å². The molecule has 2 aromatic carbocycles. The lowest BCUT2D eigenvalue weighted by Crippen LogP contribution is -2.41. The van der Waals surface area contributed by atoms with Crippen molar-refractivity contribution in [1.82, 2.24) is 14.1 Å². The summed E-state index contributed by atoms with van der Waals surface area (Å²) in [5.41, 5.74) is 9.10. The van der Waals surface area contributed by atoms with Crippen molar-refractivity contribution in [3.8, 4) is 5.69 Å². The number of anilines is 2. The number of nitrogens with one attached hydrogen (secondary N) is 1. The summed E-state index contributed by atoms with van der Waals surface area (Å²) in [5, 5.41) is 0. The van der Waals surface area contributed by atoms with Crippen molar-refractivity contribution in [3.63, 3.8) is 0 Å². The number of rotatable bonds is 8. The van der Waals surface area contributed by atoms with Gasteiger partial charge in [0.1, 0.15) is 5.82 Å². The molecule has 3 N–H and O–H groups in total. The van der Waals surface area contributed by atoms with Gasteiger partial charge in [0.05, 0.1) is 19.7 Å². The molecule has 9 heteroatoms. The van der Waals surface area contributed by atoms with Crippen molar-refractivity contribution in [3.05, 3.63) is 110 Å². The number of hydrogen-bond acceptors (Lipinski definition) is 5. The monoisotopic (exact) mass is 487 g/mol. The SMILES string of the molecule is COCCn1c(N)c(N(Cc2ccccc2)C(=O)c2ccc(-n3c(C)ccc3C)cc2)c(=O)[nH]c1=O. The molecule has 0 aliphatic rings. The lowest BCUT2D eigenvalue weighted by molar-refractivity contribution is 0.0984. The van der Waals surface area contributed by atoms with Gasteiger partial charge in [-0.15, -0.1) is 0 Å². The van der Waals surface area contributed by atoms with Crippen molar-refractivity contribution in [2.75, 3.05) is 24.4 Å². The van der Waals surface area contributed by atoms with Gasteiger partial charge < -0.3 is 15.0 Å². The molecule has 0 aliphatic heterocycles. The molecule has 4 rings (SSSR count). The van der Waals surface area contributed by atoms with Gasteiger partial charge in [-0.3, -0.25) is 24.0 Å². The van der Waals surface area contributed by atoms with Crippen LogP contribution in [0.4, 0.5) is 11.5 Å². The molecule has 4 aromatic rings. The smallest absolute Gasteiger partial charge is 0.330 e. The first-order valence-corrected chi connectivity index (χ1v) is 11.5. The average Bonchev–Trinajstić information content (AvgIpc) is 3.21. The maximum absolute atomic E-state index is 13.8. The molecular weight excluding hydrogens is 458 g/mol. The number of aromatic nitrogens is 3. The highest BCUT2D eigenvalue weighted by atomic mass is 16.5. The van der Waals surface area contributed by atoms with Crippen LogP contribution in [0.2, 0.25) is 0 Å². The number of carbonyl (C=O) groups is 1. The van der Waals surface area contributed by atoms with Gasteiger partial charge in [-0.1, -0.05) is 30.3 Å². The number of nitrogens with two attached hydrogens (primary N) is 1. The number of ether oxygens (including phenoxy) is 1. The number of benzene rings is 2. The molecule has 0 unspecified atom stereocenters. The number of nitrogen functional groups attached to an aromatic ring is 1. The quantitative estimate of drug-likeness (QED) is 0.396. The van der Waals surface area contributed by atoms with E-state index in [1.165, 1.54) is 16.6 Å². The first kappa shape index (κ1) is 24.7. The number of aryl methyl sites for hydroxylation is 2. The summed E-state index contributed by atoms with van der Waals surface area (Å²) in [7, 11) is 1.50. The number of carbonyl (C=O) groups excluding carboxylic acids is 1. The van der Waals surface area contributed by atoms with E-state index in [-0.39, 0.29) is 31.2 Å². The van der Waals surface area contributed by atoms with Crippen LogP contribution in [0.1, 0.15) is 27.3 Å². The normalized spacial score (nSPS) is 11.0. The first-order chi connectivity index (χ1) is 17.3. The number of H-pyrrole nitrogens is 1. The zero-order valence-corrected chi connectivity index (χ0v) is 20.5. The second-order valence-electron chi connectivity index (χ2n) is 8.51. The molecule has 0 saturated carbocycles. The van der Waals surface area contributed by atoms with Gasteiger partial charge in [-0.25, -0.2) is 4.79 Å². The predicted molar refractivity (Wildman–Crippen MR) is 140 cm³/mol. The van der Waals surface area contributed by atoms with Crippen LogP contribution in [0.3, 0.4) is 0 Å². The summed E-state index contributed by atoms with van der Waals surface area (Å²) >= 11 is 0. The highest BCUT2D eigenvalue weighted by Gasteiger charge is 2.26. The maximum atomic E-state index is 13.8.